The highest BCUT2D eigenvalue weighted by Crippen LogP contribution is 2.22. The second-order valence-corrected chi connectivity index (χ2v) is 5.77. The number of hydroxylamine groups is 1. The van der Waals surface area contributed by atoms with E-state index in [-0.39, 0.29) is 17.2 Å². The number of ether oxygens (including phenoxy) is 2. The number of carbonyl (C=O) groups excluding carboxylic acids is 1. The molecule has 0 unspecified atom stereocenters. The van der Waals surface area contributed by atoms with Gasteiger partial charge in [0, 0.05) is 12.5 Å². The van der Waals surface area contributed by atoms with Crippen molar-refractivity contribution >= 4 is 17.5 Å². The third kappa shape index (κ3) is 6.48. The lowest BCUT2D eigenvalue weighted by Gasteiger charge is -2.16. The maximum atomic E-state index is 13.2. The Bertz CT molecular complexity index is 740. The fourth-order valence-corrected chi connectivity index (χ4v) is 2.27. The van der Waals surface area contributed by atoms with Crippen molar-refractivity contribution in [3.05, 3.63) is 77.1 Å². The van der Waals surface area contributed by atoms with Gasteiger partial charge >= 0.3 is 0 Å². The topological polar surface area (TPSA) is 67.8 Å². The van der Waals surface area contributed by atoms with Crippen molar-refractivity contribution in [3.63, 3.8) is 0 Å². The van der Waals surface area contributed by atoms with E-state index >= 15 is 0 Å². The molecule has 0 saturated heterocycles. The van der Waals surface area contributed by atoms with E-state index in [0.717, 1.165) is 11.6 Å². The quantitative estimate of drug-likeness (QED) is 0.300. The van der Waals surface area contributed by atoms with Crippen LogP contribution >= 0.6 is 11.6 Å². The van der Waals surface area contributed by atoms with Gasteiger partial charge in [-0.1, -0.05) is 54.1 Å². The zero-order valence-corrected chi connectivity index (χ0v) is 14.7. The second kappa shape index (κ2) is 10.6. The van der Waals surface area contributed by atoms with Crippen molar-refractivity contribution in [2.45, 2.75) is 19.1 Å². The van der Waals surface area contributed by atoms with E-state index in [4.69, 9.17) is 26.3 Å². The minimum absolute atomic E-state index is 0.115. The zero-order valence-electron chi connectivity index (χ0n) is 13.9. The van der Waals surface area contributed by atoms with Crippen LogP contribution in [0.3, 0.4) is 0 Å². The van der Waals surface area contributed by atoms with Crippen LogP contribution in [-0.2, 0) is 16.1 Å². The molecule has 5 nitrogen and oxygen atoms in total. The summed E-state index contributed by atoms with van der Waals surface area (Å²) in [5, 5.41) is 8.72. The SMILES string of the molecule is O=C(NO)[C@@H](CC=CCOCc1ccccc1)Oc1ccc(F)c(Cl)c1. The highest BCUT2D eigenvalue weighted by atomic mass is 35.5. The first kappa shape index (κ1) is 19.9. The van der Waals surface area contributed by atoms with E-state index in [1.165, 1.54) is 12.1 Å². The van der Waals surface area contributed by atoms with E-state index in [1.54, 1.807) is 17.6 Å². The minimum atomic E-state index is -0.994. The molecular formula is C19H19ClFNO4. The number of hydrogen-bond acceptors (Lipinski definition) is 4. The molecule has 0 saturated carbocycles. The Labute approximate surface area is 156 Å². The van der Waals surface area contributed by atoms with Gasteiger partial charge in [0.25, 0.3) is 5.91 Å². The first-order valence-corrected chi connectivity index (χ1v) is 8.30. The van der Waals surface area contributed by atoms with Crippen molar-refractivity contribution in [3.8, 4) is 5.75 Å². The Morgan fingerprint density at radius 2 is 2.00 bits per heavy atom. The van der Waals surface area contributed by atoms with E-state index in [0.29, 0.717) is 13.2 Å². The first-order chi connectivity index (χ1) is 12.6. The lowest BCUT2D eigenvalue weighted by molar-refractivity contribution is -0.136. The molecule has 0 spiro atoms. The van der Waals surface area contributed by atoms with Crippen molar-refractivity contribution in [2.24, 2.45) is 0 Å². The fraction of sp³-hybridized carbons (Fsp3) is 0.211. The van der Waals surface area contributed by atoms with Gasteiger partial charge in [-0.25, -0.2) is 9.87 Å². The Morgan fingerprint density at radius 3 is 2.69 bits per heavy atom. The Balaban J connectivity index is 1.83. The van der Waals surface area contributed by atoms with Crippen molar-refractivity contribution in [2.75, 3.05) is 6.61 Å². The van der Waals surface area contributed by atoms with Crippen LogP contribution in [0.4, 0.5) is 4.39 Å². The Kier molecular flexibility index (Phi) is 8.08. The molecule has 2 aromatic carbocycles. The van der Waals surface area contributed by atoms with E-state index in [2.05, 4.69) is 0 Å². The summed E-state index contributed by atoms with van der Waals surface area (Å²) in [6.45, 7) is 0.848. The normalized spacial score (nSPS) is 12.1. The predicted octanol–water partition coefficient (Wildman–Crippen LogP) is 3.90. The lowest BCUT2D eigenvalue weighted by atomic mass is 10.2. The molecule has 2 N–H and O–H groups in total. The fourth-order valence-electron chi connectivity index (χ4n) is 2.10. The van der Waals surface area contributed by atoms with Crippen LogP contribution in [-0.4, -0.2) is 23.8 Å². The summed E-state index contributed by atoms with van der Waals surface area (Å²) in [5.41, 5.74) is 2.61. The monoisotopic (exact) mass is 379 g/mol. The number of carbonyl (C=O) groups is 1. The molecular weight excluding hydrogens is 361 g/mol. The van der Waals surface area contributed by atoms with E-state index < -0.39 is 17.8 Å². The number of nitrogens with one attached hydrogen (secondary N) is 1. The van der Waals surface area contributed by atoms with Crippen LogP contribution in [0.5, 0.6) is 5.75 Å². The third-order valence-electron chi connectivity index (χ3n) is 3.41. The Morgan fingerprint density at radius 1 is 1.23 bits per heavy atom. The molecule has 0 heterocycles. The summed E-state index contributed by atoms with van der Waals surface area (Å²) in [4.78, 5) is 11.7. The highest BCUT2D eigenvalue weighted by molar-refractivity contribution is 6.30. The maximum absolute atomic E-state index is 13.2. The summed E-state index contributed by atoms with van der Waals surface area (Å²) in [6.07, 6.45) is 2.65. The van der Waals surface area contributed by atoms with Gasteiger partial charge in [-0.3, -0.25) is 10.0 Å². The highest BCUT2D eigenvalue weighted by Gasteiger charge is 2.19. The van der Waals surface area contributed by atoms with Crippen LogP contribution < -0.4 is 10.2 Å². The van der Waals surface area contributed by atoms with Gasteiger partial charge in [-0.2, -0.15) is 0 Å². The van der Waals surface area contributed by atoms with Gasteiger partial charge in [0.1, 0.15) is 11.6 Å². The zero-order chi connectivity index (χ0) is 18.8. The second-order valence-electron chi connectivity index (χ2n) is 5.37. The summed E-state index contributed by atoms with van der Waals surface area (Å²) < 4.78 is 24.1. The van der Waals surface area contributed by atoms with Gasteiger partial charge < -0.3 is 9.47 Å². The number of hydrogen-bond donors (Lipinski definition) is 2. The molecule has 1 amide bonds. The summed E-state index contributed by atoms with van der Waals surface area (Å²) in [7, 11) is 0. The number of halogens is 2. The molecule has 0 aliphatic rings. The van der Waals surface area contributed by atoms with Crippen LogP contribution in [0, 0.1) is 5.82 Å². The average molecular weight is 380 g/mol. The van der Waals surface area contributed by atoms with Gasteiger partial charge in [0.2, 0.25) is 0 Å². The molecule has 2 rings (SSSR count). The smallest absolute Gasteiger partial charge is 0.284 e. The van der Waals surface area contributed by atoms with Crippen LogP contribution in [0.2, 0.25) is 5.02 Å². The van der Waals surface area contributed by atoms with Crippen molar-refractivity contribution in [1.29, 1.82) is 0 Å². The van der Waals surface area contributed by atoms with Crippen LogP contribution in [0.15, 0.2) is 60.7 Å². The molecule has 0 aromatic heterocycles. The molecule has 0 aliphatic carbocycles. The molecule has 26 heavy (non-hydrogen) atoms. The lowest BCUT2D eigenvalue weighted by Crippen LogP contribution is -2.36. The number of rotatable bonds is 9. The molecule has 0 aliphatic heterocycles. The molecule has 2 aromatic rings. The molecule has 1 atom stereocenters. The third-order valence-corrected chi connectivity index (χ3v) is 3.70. The van der Waals surface area contributed by atoms with Gasteiger partial charge in [-0.05, 0) is 17.7 Å². The summed E-state index contributed by atoms with van der Waals surface area (Å²) in [5.74, 6) is -1.09. The van der Waals surface area contributed by atoms with Gasteiger partial charge in [-0.15, -0.1) is 0 Å². The standard InChI is InChI=1S/C19H19ClFNO4/c20-16-12-15(9-10-17(16)21)26-18(19(23)22-24)8-4-5-11-25-13-14-6-2-1-3-7-14/h1-7,9-10,12,18,24H,8,11,13H2,(H,22,23)/t18-/m1/s1. The summed E-state index contributed by atoms with van der Waals surface area (Å²) >= 11 is 5.69. The maximum Gasteiger partial charge on any atom is 0.284 e. The number of benzene rings is 2. The molecule has 0 radical (unpaired) electrons. The Hall–Kier alpha value is -2.41. The molecule has 7 heteroatoms. The average Bonchev–Trinajstić information content (AvgIpc) is 2.66. The largest absolute Gasteiger partial charge is 0.480 e. The van der Waals surface area contributed by atoms with Crippen LogP contribution in [0.1, 0.15) is 12.0 Å². The van der Waals surface area contributed by atoms with Crippen molar-refractivity contribution < 1.29 is 23.9 Å². The summed E-state index contributed by atoms with van der Waals surface area (Å²) in [6, 6.07) is 13.5. The van der Waals surface area contributed by atoms with Crippen molar-refractivity contribution in [1.82, 2.24) is 5.48 Å². The molecule has 0 fully saturated rings. The van der Waals surface area contributed by atoms with E-state index in [9.17, 15) is 9.18 Å². The van der Waals surface area contributed by atoms with Crippen LogP contribution in [0.25, 0.3) is 0 Å². The van der Waals surface area contributed by atoms with E-state index in [1.807, 2.05) is 30.3 Å². The first-order valence-electron chi connectivity index (χ1n) is 7.92. The predicted molar refractivity (Wildman–Crippen MR) is 95.6 cm³/mol. The minimum Gasteiger partial charge on any atom is -0.480 e. The van der Waals surface area contributed by atoms with Gasteiger partial charge in [0.05, 0.1) is 18.2 Å². The molecule has 0 bridgehead atoms. The molecule has 138 valence electrons. The van der Waals surface area contributed by atoms with Gasteiger partial charge in [0.15, 0.2) is 6.10 Å². The number of amides is 1.